The van der Waals surface area contributed by atoms with Crippen molar-refractivity contribution in [2.24, 2.45) is 4.36 Å². The minimum Gasteiger partial charge on any atom is -0.393 e. The van der Waals surface area contributed by atoms with Gasteiger partial charge in [-0.1, -0.05) is 0 Å². The molecule has 0 amide bonds. The van der Waals surface area contributed by atoms with Crippen LogP contribution in [0.4, 0.5) is 0 Å². The maximum absolute atomic E-state index is 9.71. The molecule has 0 fully saturated rings. The first-order chi connectivity index (χ1) is 4.57. The third-order valence-corrected chi connectivity index (χ3v) is 1.11. The molecule has 0 saturated carbocycles. The van der Waals surface area contributed by atoms with E-state index < -0.39 is 29.4 Å². The van der Waals surface area contributed by atoms with Crippen molar-refractivity contribution in [3.8, 4) is 0 Å². The van der Waals surface area contributed by atoms with Gasteiger partial charge in [-0.15, -0.1) is 4.36 Å². The summed E-state index contributed by atoms with van der Waals surface area (Å²) in [6, 6.07) is 0. The molecular formula is C3H7NO5S. The monoisotopic (exact) mass is 169 g/mol. The Hall–Kier alpha value is -0.500. The molecule has 0 aliphatic rings. The molecule has 0 heterocycles. The molecule has 0 bridgehead atoms. The average molecular weight is 169 g/mol. The summed E-state index contributed by atoms with van der Waals surface area (Å²) in [5.41, 5.74) is 0. The van der Waals surface area contributed by atoms with Gasteiger partial charge >= 0.3 is 10.5 Å². The van der Waals surface area contributed by atoms with E-state index in [0.717, 1.165) is 0 Å². The molecule has 0 saturated heterocycles. The van der Waals surface area contributed by atoms with Crippen LogP contribution in [-0.2, 0) is 10.5 Å². The SMILES string of the molecule is O=S(=O)=NC(O)C(O)CO. The second kappa shape index (κ2) is 4.34. The second-order valence-electron chi connectivity index (χ2n) is 1.49. The number of aliphatic hydroxyl groups is 3. The number of hydrogen-bond donors (Lipinski definition) is 3. The maximum atomic E-state index is 9.71. The minimum atomic E-state index is -2.76. The predicted molar refractivity (Wildman–Crippen MR) is 30.4 cm³/mol. The molecule has 10 heavy (non-hydrogen) atoms. The van der Waals surface area contributed by atoms with E-state index in [1.165, 1.54) is 0 Å². The van der Waals surface area contributed by atoms with Gasteiger partial charge in [-0.2, -0.15) is 8.42 Å². The van der Waals surface area contributed by atoms with Crippen molar-refractivity contribution in [2.45, 2.75) is 12.3 Å². The fourth-order valence-corrected chi connectivity index (χ4v) is 0.570. The highest BCUT2D eigenvalue weighted by Crippen LogP contribution is 1.92. The molecule has 2 atom stereocenters. The Morgan fingerprint density at radius 1 is 1.40 bits per heavy atom. The molecule has 6 nitrogen and oxygen atoms in total. The predicted octanol–water partition coefficient (Wildman–Crippen LogP) is -2.28. The normalized spacial score (nSPS) is 15.9. The van der Waals surface area contributed by atoms with Gasteiger partial charge < -0.3 is 15.3 Å². The van der Waals surface area contributed by atoms with Gasteiger partial charge in [0.1, 0.15) is 6.10 Å². The summed E-state index contributed by atoms with van der Waals surface area (Å²) in [7, 11) is -2.76. The van der Waals surface area contributed by atoms with E-state index in [-0.39, 0.29) is 0 Å². The van der Waals surface area contributed by atoms with Crippen molar-refractivity contribution >= 4 is 10.5 Å². The zero-order valence-electron chi connectivity index (χ0n) is 4.88. The van der Waals surface area contributed by atoms with Gasteiger partial charge in [0.05, 0.1) is 6.61 Å². The lowest BCUT2D eigenvalue weighted by molar-refractivity contribution is -0.00803. The maximum Gasteiger partial charge on any atom is 0.313 e. The van der Waals surface area contributed by atoms with E-state index in [2.05, 4.69) is 4.36 Å². The third kappa shape index (κ3) is 3.51. The zero-order valence-corrected chi connectivity index (χ0v) is 5.69. The van der Waals surface area contributed by atoms with E-state index >= 15 is 0 Å². The number of rotatable bonds is 3. The first-order valence-electron chi connectivity index (χ1n) is 2.35. The van der Waals surface area contributed by atoms with Crippen LogP contribution < -0.4 is 0 Å². The summed E-state index contributed by atoms with van der Waals surface area (Å²) in [4.78, 5) is 0. The second-order valence-corrected chi connectivity index (χ2v) is 2.13. The van der Waals surface area contributed by atoms with Crippen LogP contribution in [0.3, 0.4) is 0 Å². The van der Waals surface area contributed by atoms with Crippen molar-refractivity contribution in [3.05, 3.63) is 0 Å². The molecule has 0 aliphatic heterocycles. The smallest absolute Gasteiger partial charge is 0.313 e. The van der Waals surface area contributed by atoms with Gasteiger partial charge in [-0.25, -0.2) is 0 Å². The number of aliphatic hydroxyl groups excluding tert-OH is 3. The first-order valence-corrected chi connectivity index (χ1v) is 3.38. The Labute approximate surface area is 58.4 Å². The van der Waals surface area contributed by atoms with E-state index in [1.54, 1.807) is 0 Å². The van der Waals surface area contributed by atoms with Crippen LogP contribution in [0.1, 0.15) is 0 Å². The number of hydrogen-bond acceptors (Lipinski definition) is 6. The molecule has 60 valence electrons. The summed E-state index contributed by atoms with van der Waals surface area (Å²) in [5, 5.41) is 25.2. The third-order valence-electron chi connectivity index (χ3n) is 0.725. The molecule has 0 aromatic rings. The van der Waals surface area contributed by atoms with E-state index in [0.29, 0.717) is 0 Å². The summed E-state index contributed by atoms with van der Waals surface area (Å²) < 4.78 is 22.0. The van der Waals surface area contributed by atoms with Gasteiger partial charge in [-0.05, 0) is 0 Å². The Balaban J connectivity index is 4.09. The van der Waals surface area contributed by atoms with Crippen molar-refractivity contribution in [2.75, 3.05) is 6.61 Å². The molecule has 0 aromatic heterocycles. The molecule has 0 spiro atoms. The highest BCUT2D eigenvalue weighted by Gasteiger charge is 2.13. The molecule has 0 rings (SSSR count). The van der Waals surface area contributed by atoms with Crippen molar-refractivity contribution in [1.29, 1.82) is 0 Å². The quantitative estimate of drug-likeness (QED) is 0.441. The molecule has 0 aliphatic carbocycles. The van der Waals surface area contributed by atoms with Crippen molar-refractivity contribution in [1.82, 2.24) is 0 Å². The lowest BCUT2D eigenvalue weighted by atomic mass is 10.3. The fourth-order valence-electron chi connectivity index (χ4n) is 0.253. The van der Waals surface area contributed by atoms with Crippen LogP contribution >= 0.6 is 0 Å². The Morgan fingerprint density at radius 3 is 2.20 bits per heavy atom. The van der Waals surface area contributed by atoms with Crippen molar-refractivity contribution < 1.29 is 23.7 Å². The molecule has 2 unspecified atom stereocenters. The van der Waals surface area contributed by atoms with Crippen LogP contribution in [-0.4, -0.2) is 42.7 Å². The van der Waals surface area contributed by atoms with Gasteiger partial charge in [0.25, 0.3) is 0 Å². The average Bonchev–Trinajstić information content (AvgIpc) is 1.85. The fraction of sp³-hybridized carbons (Fsp3) is 1.00. The largest absolute Gasteiger partial charge is 0.393 e. The number of nitrogens with zero attached hydrogens (tertiary/aromatic N) is 1. The van der Waals surface area contributed by atoms with Gasteiger partial charge in [-0.3, -0.25) is 0 Å². The highest BCUT2D eigenvalue weighted by atomic mass is 32.2. The van der Waals surface area contributed by atoms with Crippen LogP contribution in [0.5, 0.6) is 0 Å². The summed E-state index contributed by atoms with van der Waals surface area (Å²) in [6.45, 7) is -0.734. The zero-order chi connectivity index (χ0) is 8.15. The lowest BCUT2D eigenvalue weighted by Crippen LogP contribution is -2.27. The summed E-state index contributed by atoms with van der Waals surface area (Å²) in [5.74, 6) is 0. The Kier molecular flexibility index (Phi) is 4.12. The molecule has 0 aromatic carbocycles. The van der Waals surface area contributed by atoms with Gasteiger partial charge in [0.2, 0.25) is 0 Å². The van der Waals surface area contributed by atoms with Crippen molar-refractivity contribution in [3.63, 3.8) is 0 Å². The molecule has 7 heteroatoms. The van der Waals surface area contributed by atoms with E-state index in [1.807, 2.05) is 0 Å². The van der Waals surface area contributed by atoms with E-state index in [9.17, 15) is 8.42 Å². The van der Waals surface area contributed by atoms with E-state index in [4.69, 9.17) is 15.3 Å². The van der Waals surface area contributed by atoms with Gasteiger partial charge in [0.15, 0.2) is 6.23 Å². The summed E-state index contributed by atoms with van der Waals surface area (Å²) in [6.07, 6.45) is -3.32. The van der Waals surface area contributed by atoms with Crippen LogP contribution in [0.25, 0.3) is 0 Å². The standard InChI is InChI=1S/C3H7NO5S/c5-1-2(6)3(7)4-10(8)9/h2-3,5-7H,1H2. The Morgan fingerprint density at radius 2 is 1.90 bits per heavy atom. The minimum absolute atomic E-state index is 0.734. The topological polar surface area (TPSA) is 107 Å². The molecule has 3 N–H and O–H groups in total. The lowest BCUT2D eigenvalue weighted by Gasteiger charge is -2.06. The van der Waals surface area contributed by atoms with Crippen LogP contribution in [0.15, 0.2) is 4.36 Å². The summed E-state index contributed by atoms with van der Waals surface area (Å²) >= 11 is 0. The molecular weight excluding hydrogens is 162 g/mol. The highest BCUT2D eigenvalue weighted by molar-refractivity contribution is 7.61. The molecule has 0 radical (unpaired) electrons. The Bertz CT molecular complexity index is 201. The first kappa shape index (κ1) is 9.50. The van der Waals surface area contributed by atoms with Crippen LogP contribution in [0, 0.1) is 0 Å². The van der Waals surface area contributed by atoms with Gasteiger partial charge in [0, 0.05) is 0 Å². The van der Waals surface area contributed by atoms with Crippen LogP contribution in [0.2, 0.25) is 0 Å².